The molecule has 0 radical (unpaired) electrons. The van der Waals surface area contributed by atoms with Gasteiger partial charge in [-0.25, -0.2) is 4.68 Å². The predicted octanol–water partition coefficient (Wildman–Crippen LogP) is 3.06. The molecule has 0 fully saturated rings. The van der Waals surface area contributed by atoms with Crippen molar-refractivity contribution in [1.82, 2.24) is 9.78 Å². The molecular formula is C16H12N2O. The van der Waals surface area contributed by atoms with E-state index in [-0.39, 0.29) is 5.56 Å². The van der Waals surface area contributed by atoms with Gasteiger partial charge in [0.25, 0.3) is 5.56 Å². The summed E-state index contributed by atoms with van der Waals surface area (Å²) >= 11 is 0. The number of aromatic nitrogens is 2. The second-order valence-electron chi connectivity index (χ2n) is 4.74. The Bertz CT molecular complexity index is 878. The van der Waals surface area contributed by atoms with Gasteiger partial charge in [-0.15, -0.1) is 0 Å². The molecule has 0 saturated heterocycles. The summed E-state index contributed by atoms with van der Waals surface area (Å²) in [6.07, 6.45) is 0. The fourth-order valence-electron chi connectivity index (χ4n) is 2.89. The second kappa shape index (κ2) is 3.54. The van der Waals surface area contributed by atoms with E-state index in [2.05, 4.69) is 23.3 Å². The lowest BCUT2D eigenvalue weighted by Crippen LogP contribution is -2.22. The van der Waals surface area contributed by atoms with Gasteiger partial charge in [0, 0.05) is 17.5 Å². The Morgan fingerprint density at radius 3 is 2.53 bits per heavy atom. The van der Waals surface area contributed by atoms with Crippen LogP contribution in [-0.2, 0) is 6.54 Å². The monoisotopic (exact) mass is 248 g/mol. The van der Waals surface area contributed by atoms with Gasteiger partial charge in [0.1, 0.15) is 5.69 Å². The zero-order chi connectivity index (χ0) is 13.0. The summed E-state index contributed by atoms with van der Waals surface area (Å²) in [5, 5.41) is 6.30. The van der Waals surface area contributed by atoms with Crippen molar-refractivity contribution in [2.45, 2.75) is 13.5 Å². The summed E-state index contributed by atoms with van der Waals surface area (Å²) in [4.78, 5) is 12.3. The van der Waals surface area contributed by atoms with Crippen LogP contribution in [0.4, 0.5) is 0 Å². The average molecular weight is 248 g/mol. The summed E-state index contributed by atoms with van der Waals surface area (Å²) in [5.41, 5.74) is 4.34. The van der Waals surface area contributed by atoms with E-state index in [0.29, 0.717) is 6.54 Å². The predicted molar refractivity (Wildman–Crippen MR) is 76.1 cm³/mol. The highest BCUT2D eigenvalue weighted by Crippen LogP contribution is 2.44. The van der Waals surface area contributed by atoms with Gasteiger partial charge in [-0.3, -0.25) is 4.79 Å². The summed E-state index contributed by atoms with van der Waals surface area (Å²) in [6.45, 7) is 2.53. The standard InChI is InChI=1S/C16H12N2O/c1-2-18-16(19)13-9-5-8-11-10-6-3-4-7-12(10)15(17-18)14(11)13/h3-9H,2H2,1H3. The normalized spacial score (nSPS) is 11.8. The highest BCUT2D eigenvalue weighted by atomic mass is 16.1. The zero-order valence-corrected chi connectivity index (χ0v) is 10.6. The third kappa shape index (κ3) is 1.22. The lowest BCUT2D eigenvalue weighted by Gasteiger charge is -2.06. The topological polar surface area (TPSA) is 34.9 Å². The minimum Gasteiger partial charge on any atom is -0.267 e. The molecule has 1 aliphatic rings. The van der Waals surface area contributed by atoms with Crippen molar-refractivity contribution in [3.63, 3.8) is 0 Å². The van der Waals surface area contributed by atoms with Gasteiger partial charge in [-0.1, -0.05) is 36.4 Å². The molecule has 92 valence electrons. The molecule has 3 nitrogen and oxygen atoms in total. The molecule has 1 heterocycles. The van der Waals surface area contributed by atoms with Gasteiger partial charge in [0.05, 0.1) is 5.39 Å². The van der Waals surface area contributed by atoms with E-state index in [4.69, 9.17) is 0 Å². The van der Waals surface area contributed by atoms with Crippen molar-refractivity contribution in [3.05, 3.63) is 52.8 Å². The molecule has 0 atom stereocenters. The molecule has 4 rings (SSSR count). The Balaban J connectivity index is 2.29. The van der Waals surface area contributed by atoms with Gasteiger partial charge >= 0.3 is 0 Å². The van der Waals surface area contributed by atoms with E-state index >= 15 is 0 Å². The average Bonchev–Trinajstić information content (AvgIpc) is 2.78. The molecule has 3 aromatic rings. The Labute approximate surface area is 110 Å². The number of benzene rings is 2. The van der Waals surface area contributed by atoms with Crippen molar-refractivity contribution in [1.29, 1.82) is 0 Å². The minimum absolute atomic E-state index is 0.00379. The van der Waals surface area contributed by atoms with Crippen LogP contribution in [0.5, 0.6) is 0 Å². The third-order valence-electron chi connectivity index (χ3n) is 3.76. The molecule has 0 saturated carbocycles. The van der Waals surface area contributed by atoms with Gasteiger partial charge < -0.3 is 0 Å². The molecule has 0 amide bonds. The van der Waals surface area contributed by atoms with Crippen molar-refractivity contribution in [2.75, 3.05) is 0 Å². The SMILES string of the molecule is CCn1nc2c3c(cccc3c1=O)-c1ccccc1-2. The lowest BCUT2D eigenvalue weighted by molar-refractivity contribution is 0.627. The molecule has 0 aliphatic heterocycles. The number of aryl methyl sites for hydroxylation is 1. The molecule has 19 heavy (non-hydrogen) atoms. The van der Waals surface area contributed by atoms with Crippen LogP contribution in [0.15, 0.2) is 47.3 Å². The summed E-state index contributed by atoms with van der Waals surface area (Å²) in [7, 11) is 0. The minimum atomic E-state index is -0.00379. The van der Waals surface area contributed by atoms with Gasteiger partial charge in [0.15, 0.2) is 0 Å². The molecule has 1 aliphatic carbocycles. The highest BCUT2D eigenvalue weighted by molar-refractivity contribution is 6.13. The lowest BCUT2D eigenvalue weighted by atomic mass is 10.0. The number of rotatable bonds is 1. The number of hydrogen-bond donors (Lipinski definition) is 0. The molecule has 0 spiro atoms. The Kier molecular flexibility index (Phi) is 1.96. The summed E-state index contributed by atoms with van der Waals surface area (Å²) < 4.78 is 1.55. The van der Waals surface area contributed by atoms with Crippen LogP contribution >= 0.6 is 0 Å². The Morgan fingerprint density at radius 2 is 1.74 bits per heavy atom. The maximum absolute atomic E-state index is 12.3. The fraction of sp³-hybridized carbons (Fsp3) is 0.125. The van der Waals surface area contributed by atoms with Crippen LogP contribution in [0.25, 0.3) is 33.2 Å². The van der Waals surface area contributed by atoms with Crippen molar-refractivity contribution in [2.24, 2.45) is 0 Å². The molecular weight excluding hydrogens is 236 g/mol. The van der Waals surface area contributed by atoms with E-state index in [9.17, 15) is 4.79 Å². The van der Waals surface area contributed by atoms with E-state index < -0.39 is 0 Å². The molecule has 3 heteroatoms. The third-order valence-corrected chi connectivity index (χ3v) is 3.76. The van der Waals surface area contributed by atoms with Crippen LogP contribution in [0, 0.1) is 0 Å². The first-order chi connectivity index (χ1) is 9.31. The Morgan fingerprint density at radius 1 is 1.00 bits per heavy atom. The first-order valence-electron chi connectivity index (χ1n) is 6.45. The quantitative estimate of drug-likeness (QED) is 0.519. The smallest absolute Gasteiger partial charge is 0.267 e. The second-order valence-corrected chi connectivity index (χ2v) is 4.74. The van der Waals surface area contributed by atoms with E-state index in [0.717, 1.165) is 27.6 Å². The van der Waals surface area contributed by atoms with Gasteiger partial charge in [-0.05, 0) is 24.1 Å². The zero-order valence-electron chi connectivity index (χ0n) is 10.6. The largest absolute Gasteiger partial charge is 0.274 e. The first-order valence-corrected chi connectivity index (χ1v) is 6.45. The van der Waals surface area contributed by atoms with Crippen LogP contribution in [-0.4, -0.2) is 9.78 Å². The number of hydrogen-bond acceptors (Lipinski definition) is 2. The van der Waals surface area contributed by atoms with Crippen LogP contribution < -0.4 is 5.56 Å². The molecule has 0 unspecified atom stereocenters. The van der Waals surface area contributed by atoms with E-state index in [1.165, 1.54) is 5.56 Å². The molecule has 2 aromatic carbocycles. The Hall–Kier alpha value is -2.42. The summed E-state index contributed by atoms with van der Waals surface area (Å²) in [5.74, 6) is 0. The fourth-order valence-corrected chi connectivity index (χ4v) is 2.89. The van der Waals surface area contributed by atoms with Gasteiger partial charge in [-0.2, -0.15) is 5.10 Å². The molecule has 0 bridgehead atoms. The van der Waals surface area contributed by atoms with Crippen molar-refractivity contribution in [3.8, 4) is 22.4 Å². The van der Waals surface area contributed by atoms with E-state index in [1.54, 1.807) is 4.68 Å². The molecule has 1 aromatic heterocycles. The number of nitrogens with zero attached hydrogens (tertiary/aromatic N) is 2. The van der Waals surface area contributed by atoms with E-state index in [1.807, 2.05) is 31.2 Å². The van der Waals surface area contributed by atoms with Crippen LogP contribution in [0.1, 0.15) is 6.92 Å². The van der Waals surface area contributed by atoms with Crippen LogP contribution in [0.2, 0.25) is 0 Å². The maximum Gasteiger partial charge on any atom is 0.274 e. The number of fused-ring (bicyclic) bond motifs is 3. The first kappa shape index (κ1) is 10.5. The van der Waals surface area contributed by atoms with Crippen LogP contribution in [0.3, 0.4) is 0 Å². The molecule has 0 N–H and O–H groups in total. The highest BCUT2D eigenvalue weighted by Gasteiger charge is 2.24. The van der Waals surface area contributed by atoms with Gasteiger partial charge in [0.2, 0.25) is 0 Å². The van der Waals surface area contributed by atoms with Crippen molar-refractivity contribution < 1.29 is 0 Å². The maximum atomic E-state index is 12.3. The van der Waals surface area contributed by atoms with Crippen molar-refractivity contribution >= 4 is 10.8 Å². The summed E-state index contributed by atoms with van der Waals surface area (Å²) in [6, 6.07) is 14.1.